The number of carbonyl (C=O) groups excluding carboxylic acids is 1. The summed E-state index contributed by atoms with van der Waals surface area (Å²) in [6.07, 6.45) is 4.40. The van der Waals surface area contributed by atoms with Crippen LogP contribution in [0.2, 0.25) is 0 Å². The van der Waals surface area contributed by atoms with Crippen molar-refractivity contribution in [3.8, 4) is 0 Å². The van der Waals surface area contributed by atoms with Gasteiger partial charge in [-0.3, -0.25) is 4.79 Å². The number of nitrogens with two attached hydrogens (primary N) is 1. The Morgan fingerprint density at radius 1 is 1.07 bits per heavy atom. The van der Waals surface area contributed by atoms with Gasteiger partial charge in [-0.05, 0) is 57.3 Å². The van der Waals surface area contributed by atoms with Crippen LogP contribution in [-0.2, 0) is 14.3 Å². The first-order chi connectivity index (χ1) is 14.2. The Morgan fingerprint density at radius 2 is 1.80 bits per heavy atom. The second-order valence-electron chi connectivity index (χ2n) is 9.57. The molecule has 176 valence electrons. The van der Waals surface area contributed by atoms with Gasteiger partial charge >= 0.3 is 0 Å². The zero-order valence-corrected chi connectivity index (χ0v) is 19.3. The maximum Gasteiger partial charge on any atom is 0.223 e. The Labute approximate surface area is 182 Å². The first kappa shape index (κ1) is 25.5. The smallest absolute Gasteiger partial charge is 0.223 e. The van der Waals surface area contributed by atoms with Crippen LogP contribution in [0.3, 0.4) is 0 Å². The summed E-state index contributed by atoms with van der Waals surface area (Å²) in [4.78, 5) is 12.4. The number of ether oxygens (including phenoxy) is 2. The van der Waals surface area contributed by atoms with Crippen molar-refractivity contribution in [1.82, 2.24) is 5.32 Å². The molecule has 2 aliphatic rings. The Bertz CT molecular complexity index is 520. The molecular formula is C23H44N2O5. The topological polar surface area (TPSA) is 114 Å². The Kier molecular flexibility index (Phi) is 10.5. The second-order valence-corrected chi connectivity index (χ2v) is 9.57. The summed E-state index contributed by atoms with van der Waals surface area (Å²) in [5, 5.41) is 23.6. The number of aliphatic hydroxyl groups is 2. The highest BCUT2D eigenvalue weighted by molar-refractivity contribution is 5.78. The Morgan fingerprint density at radius 3 is 2.50 bits per heavy atom. The minimum Gasteiger partial charge on any atom is -0.389 e. The van der Waals surface area contributed by atoms with E-state index < -0.39 is 30.6 Å². The molecule has 9 unspecified atom stereocenters. The number of rotatable bonds is 3. The van der Waals surface area contributed by atoms with Gasteiger partial charge in [-0.2, -0.15) is 0 Å². The molecule has 2 rings (SSSR count). The van der Waals surface area contributed by atoms with Crippen LogP contribution in [0.4, 0.5) is 0 Å². The number of aliphatic hydroxyl groups excluding tert-OH is 2. The maximum atomic E-state index is 12.4. The van der Waals surface area contributed by atoms with Crippen LogP contribution in [0.25, 0.3) is 0 Å². The molecule has 0 bridgehead atoms. The van der Waals surface area contributed by atoms with Crippen molar-refractivity contribution in [2.24, 2.45) is 23.5 Å². The molecular weight excluding hydrogens is 384 g/mol. The predicted octanol–water partition coefficient (Wildman–Crippen LogP) is 2.32. The van der Waals surface area contributed by atoms with Crippen molar-refractivity contribution in [3.05, 3.63) is 0 Å². The van der Waals surface area contributed by atoms with Crippen molar-refractivity contribution < 1.29 is 24.5 Å². The molecule has 2 fully saturated rings. The average molecular weight is 429 g/mol. The summed E-state index contributed by atoms with van der Waals surface area (Å²) in [5.41, 5.74) is 5.97. The number of hydrogen-bond acceptors (Lipinski definition) is 6. The highest BCUT2D eigenvalue weighted by Crippen LogP contribution is 2.29. The van der Waals surface area contributed by atoms with E-state index in [1.807, 2.05) is 0 Å². The fourth-order valence-electron chi connectivity index (χ4n) is 4.63. The fourth-order valence-corrected chi connectivity index (χ4v) is 4.63. The quantitative estimate of drug-likeness (QED) is 0.549. The molecule has 2 aliphatic heterocycles. The van der Waals surface area contributed by atoms with Gasteiger partial charge in [0, 0.05) is 12.5 Å². The monoisotopic (exact) mass is 428 g/mol. The molecule has 0 aromatic heterocycles. The van der Waals surface area contributed by atoms with Crippen molar-refractivity contribution in [1.29, 1.82) is 0 Å². The minimum absolute atomic E-state index is 0.0659. The van der Waals surface area contributed by atoms with E-state index in [9.17, 15) is 15.0 Å². The fraction of sp³-hybridized carbons (Fsp3) is 0.957. The molecule has 0 aromatic rings. The van der Waals surface area contributed by atoms with E-state index in [-0.39, 0.29) is 23.8 Å². The van der Waals surface area contributed by atoms with E-state index in [0.717, 1.165) is 51.4 Å². The van der Waals surface area contributed by atoms with Crippen LogP contribution >= 0.6 is 0 Å². The maximum absolute atomic E-state index is 12.4. The molecule has 0 aliphatic carbocycles. The molecule has 0 saturated carbocycles. The average Bonchev–Trinajstić information content (AvgIpc) is 2.72. The van der Waals surface area contributed by atoms with Crippen molar-refractivity contribution >= 4 is 5.91 Å². The molecule has 0 radical (unpaired) electrons. The van der Waals surface area contributed by atoms with Gasteiger partial charge in [0.05, 0.1) is 24.4 Å². The lowest BCUT2D eigenvalue weighted by molar-refractivity contribution is -0.286. The third kappa shape index (κ3) is 7.16. The molecule has 5 N–H and O–H groups in total. The van der Waals surface area contributed by atoms with E-state index in [1.165, 1.54) is 0 Å². The van der Waals surface area contributed by atoms with Gasteiger partial charge < -0.3 is 30.7 Å². The standard InChI is InChI=1S/C23H44N2O5/c1-5-17-10-6-8-14(2)11-12-18(15(3)9-7-13-25-22(17)28)30-23-21(27)19(24)20(26)16(4)29-23/h14-21,23,26-27H,5-13,24H2,1-4H3,(H,25,28). The number of hydrogen-bond donors (Lipinski definition) is 4. The lowest BCUT2D eigenvalue weighted by atomic mass is 9.88. The van der Waals surface area contributed by atoms with Crippen LogP contribution < -0.4 is 11.1 Å². The Hall–Kier alpha value is -0.730. The first-order valence-electron chi connectivity index (χ1n) is 11.9. The zero-order chi connectivity index (χ0) is 22.3. The lowest BCUT2D eigenvalue weighted by Crippen LogP contribution is -2.61. The molecule has 2 heterocycles. The van der Waals surface area contributed by atoms with Crippen molar-refractivity contribution in [3.63, 3.8) is 0 Å². The summed E-state index contributed by atoms with van der Waals surface area (Å²) in [5.74, 6) is 1.11. The van der Waals surface area contributed by atoms with Crippen LogP contribution in [0.15, 0.2) is 0 Å². The van der Waals surface area contributed by atoms with Gasteiger partial charge in [0.15, 0.2) is 6.29 Å². The second kappa shape index (κ2) is 12.3. The van der Waals surface area contributed by atoms with Gasteiger partial charge in [-0.1, -0.05) is 33.6 Å². The molecule has 0 spiro atoms. The van der Waals surface area contributed by atoms with E-state index in [2.05, 4.69) is 26.1 Å². The Balaban J connectivity index is 2.01. The zero-order valence-electron chi connectivity index (χ0n) is 19.3. The molecule has 7 heteroatoms. The van der Waals surface area contributed by atoms with Crippen LogP contribution in [0, 0.1) is 17.8 Å². The number of amides is 1. The normalized spacial score (nSPS) is 42.9. The molecule has 30 heavy (non-hydrogen) atoms. The van der Waals surface area contributed by atoms with Gasteiger partial charge in [-0.25, -0.2) is 0 Å². The number of nitrogens with one attached hydrogen (secondary N) is 1. The van der Waals surface area contributed by atoms with E-state index in [4.69, 9.17) is 15.2 Å². The van der Waals surface area contributed by atoms with Gasteiger partial charge in [-0.15, -0.1) is 0 Å². The molecule has 2 saturated heterocycles. The third-order valence-corrected chi connectivity index (χ3v) is 7.03. The van der Waals surface area contributed by atoms with Crippen LogP contribution in [0.5, 0.6) is 0 Å². The lowest BCUT2D eigenvalue weighted by Gasteiger charge is -2.42. The molecule has 0 aromatic carbocycles. The first-order valence-corrected chi connectivity index (χ1v) is 11.9. The van der Waals surface area contributed by atoms with Crippen molar-refractivity contribution in [2.45, 2.75) is 116 Å². The van der Waals surface area contributed by atoms with Gasteiger partial charge in [0.2, 0.25) is 5.91 Å². The molecule has 1 amide bonds. The summed E-state index contributed by atoms with van der Waals surface area (Å²) >= 11 is 0. The van der Waals surface area contributed by atoms with E-state index in [1.54, 1.807) is 6.92 Å². The SMILES string of the molecule is CCC1CCCC(C)CCC(OC2OC(C)C(O)C(N)C2O)C(C)CCCNC1=O. The summed E-state index contributed by atoms with van der Waals surface area (Å²) in [7, 11) is 0. The van der Waals surface area contributed by atoms with Gasteiger partial charge in [0.25, 0.3) is 0 Å². The molecule has 9 atom stereocenters. The van der Waals surface area contributed by atoms with Crippen molar-refractivity contribution in [2.75, 3.05) is 6.54 Å². The van der Waals surface area contributed by atoms with Crippen LogP contribution in [-0.4, -0.2) is 59.4 Å². The minimum atomic E-state index is -1.06. The highest BCUT2D eigenvalue weighted by Gasteiger charge is 2.42. The highest BCUT2D eigenvalue weighted by atomic mass is 16.7. The number of carbonyl (C=O) groups is 1. The predicted molar refractivity (Wildman–Crippen MR) is 117 cm³/mol. The summed E-state index contributed by atoms with van der Waals surface area (Å²) in [6, 6.07) is -0.784. The largest absolute Gasteiger partial charge is 0.389 e. The molecule has 7 nitrogen and oxygen atoms in total. The summed E-state index contributed by atoms with van der Waals surface area (Å²) < 4.78 is 12.0. The van der Waals surface area contributed by atoms with Gasteiger partial charge in [0.1, 0.15) is 6.10 Å². The third-order valence-electron chi connectivity index (χ3n) is 7.03. The van der Waals surface area contributed by atoms with E-state index >= 15 is 0 Å². The van der Waals surface area contributed by atoms with Crippen LogP contribution in [0.1, 0.15) is 79.1 Å². The summed E-state index contributed by atoms with van der Waals surface area (Å²) in [6.45, 7) is 8.94. The van der Waals surface area contributed by atoms with E-state index in [0.29, 0.717) is 12.5 Å².